The Morgan fingerprint density at radius 1 is 1.11 bits per heavy atom. The molecule has 0 spiro atoms. The van der Waals surface area contributed by atoms with Gasteiger partial charge >= 0.3 is 0 Å². The van der Waals surface area contributed by atoms with Crippen LogP contribution in [0.15, 0.2) is 57.4 Å². The molecular formula is C20H21BrN6. The number of rotatable bonds is 7. The van der Waals surface area contributed by atoms with Crippen molar-refractivity contribution in [2.75, 3.05) is 5.73 Å². The number of fused-ring (bicyclic) bond motifs is 1. The average Bonchev–Trinajstić information content (AvgIpc) is 2.67. The maximum absolute atomic E-state index is 8.13. The molecule has 138 valence electrons. The second-order valence-corrected chi connectivity index (χ2v) is 7.18. The molecular weight excluding hydrogens is 404 g/mol. The van der Waals surface area contributed by atoms with Crippen molar-refractivity contribution in [2.24, 2.45) is 10.2 Å². The van der Waals surface area contributed by atoms with Gasteiger partial charge in [0.25, 0.3) is 0 Å². The number of hydrogen-bond donors (Lipinski definition) is 2. The van der Waals surface area contributed by atoms with Gasteiger partial charge in [0, 0.05) is 38.9 Å². The lowest BCUT2D eigenvalue weighted by Crippen LogP contribution is -1.99. The molecule has 3 aromatic rings. The number of nitrogens with one attached hydrogen (secondary N) is 1. The van der Waals surface area contributed by atoms with Crippen molar-refractivity contribution in [3.05, 3.63) is 52.8 Å². The van der Waals surface area contributed by atoms with Gasteiger partial charge in [-0.15, -0.1) is 10.2 Å². The van der Waals surface area contributed by atoms with E-state index in [0.29, 0.717) is 23.0 Å². The molecule has 2 heterocycles. The minimum atomic E-state index is 0.318. The molecule has 0 atom stereocenters. The highest BCUT2D eigenvalue weighted by atomic mass is 79.9. The van der Waals surface area contributed by atoms with Crippen LogP contribution in [0.5, 0.6) is 0 Å². The number of halogens is 1. The third-order valence-electron chi connectivity index (χ3n) is 4.23. The SMILES string of the molecule is CCCCCC(=N)c1ccc(N=Nc2c(N)ncc3ccc(Br)cc23)nc1. The smallest absolute Gasteiger partial charge is 0.174 e. The summed E-state index contributed by atoms with van der Waals surface area (Å²) in [5.74, 6) is 0.783. The van der Waals surface area contributed by atoms with Crippen LogP contribution in [-0.2, 0) is 0 Å². The number of anilines is 1. The number of benzene rings is 1. The molecule has 1 aromatic carbocycles. The van der Waals surface area contributed by atoms with E-state index in [4.69, 9.17) is 11.1 Å². The molecule has 0 amide bonds. The summed E-state index contributed by atoms with van der Waals surface area (Å²) in [6.45, 7) is 2.15. The molecule has 3 N–H and O–H groups in total. The lowest BCUT2D eigenvalue weighted by molar-refractivity contribution is 0.741. The molecule has 0 bridgehead atoms. The maximum atomic E-state index is 8.13. The first-order valence-corrected chi connectivity index (χ1v) is 9.67. The Morgan fingerprint density at radius 3 is 2.70 bits per heavy atom. The van der Waals surface area contributed by atoms with Gasteiger partial charge in [0.1, 0.15) is 5.69 Å². The monoisotopic (exact) mass is 424 g/mol. The lowest BCUT2D eigenvalue weighted by atomic mass is 10.1. The fourth-order valence-electron chi connectivity index (χ4n) is 2.71. The number of nitrogens with zero attached hydrogens (tertiary/aromatic N) is 4. The Hall–Kier alpha value is -2.67. The van der Waals surface area contributed by atoms with E-state index in [1.54, 1.807) is 18.5 Å². The van der Waals surface area contributed by atoms with Gasteiger partial charge in [-0.1, -0.05) is 41.8 Å². The largest absolute Gasteiger partial charge is 0.382 e. The normalized spacial score (nSPS) is 11.3. The molecule has 0 aliphatic heterocycles. The highest BCUT2D eigenvalue weighted by molar-refractivity contribution is 9.10. The first kappa shape index (κ1) is 19.1. The number of pyridine rings is 2. The summed E-state index contributed by atoms with van der Waals surface area (Å²) in [7, 11) is 0. The highest BCUT2D eigenvalue weighted by Gasteiger charge is 2.08. The van der Waals surface area contributed by atoms with Crippen molar-refractivity contribution >= 4 is 49.7 Å². The van der Waals surface area contributed by atoms with E-state index in [2.05, 4.69) is 43.1 Å². The van der Waals surface area contributed by atoms with Crippen LogP contribution in [0.2, 0.25) is 0 Å². The average molecular weight is 425 g/mol. The summed E-state index contributed by atoms with van der Waals surface area (Å²) < 4.78 is 0.932. The zero-order chi connectivity index (χ0) is 19.2. The molecule has 0 saturated heterocycles. The topological polar surface area (TPSA) is 100 Å². The molecule has 7 heteroatoms. The van der Waals surface area contributed by atoms with Gasteiger partial charge in [-0.25, -0.2) is 9.97 Å². The van der Waals surface area contributed by atoms with Crippen LogP contribution in [0.25, 0.3) is 10.8 Å². The number of hydrogen-bond acceptors (Lipinski definition) is 6. The molecule has 0 saturated carbocycles. The van der Waals surface area contributed by atoms with Crippen LogP contribution in [0.1, 0.15) is 38.2 Å². The fourth-order valence-corrected chi connectivity index (χ4v) is 3.07. The van der Waals surface area contributed by atoms with E-state index in [-0.39, 0.29) is 0 Å². The number of unbranched alkanes of at least 4 members (excludes halogenated alkanes) is 2. The Bertz CT molecular complexity index is 976. The second kappa shape index (κ2) is 8.81. The third-order valence-corrected chi connectivity index (χ3v) is 4.73. The van der Waals surface area contributed by atoms with Gasteiger partial charge in [-0.3, -0.25) is 0 Å². The Kier molecular flexibility index (Phi) is 6.24. The molecule has 0 unspecified atom stereocenters. The predicted octanol–water partition coefficient (Wildman–Crippen LogP) is 6.34. The first-order chi connectivity index (χ1) is 13.1. The van der Waals surface area contributed by atoms with E-state index in [1.807, 2.05) is 24.3 Å². The third kappa shape index (κ3) is 4.74. The minimum Gasteiger partial charge on any atom is -0.382 e. The first-order valence-electron chi connectivity index (χ1n) is 8.88. The van der Waals surface area contributed by atoms with E-state index in [0.717, 1.165) is 46.5 Å². The lowest BCUT2D eigenvalue weighted by Gasteiger charge is -2.05. The number of nitrogens with two attached hydrogens (primary N) is 1. The van der Waals surface area contributed by atoms with Crippen molar-refractivity contribution in [2.45, 2.75) is 32.6 Å². The van der Waals surface area contributed by atoms with E-state index < -0.39 is 0 Å². The molecule has 2 aromatic heterocycles. The maximum Gasteiger partial charge on any atom is 0.174 e. The summed E-state index contributed by atoms with van der Waals surface area (Å²) in [5.41, 5.74) is 7.94. The zero-order valence-corrected chi connectivity index (χ0v) is 16.7. The van der Waals surface area contributed by atoms with Crippen molar-refractivity contribution < 1.29 is 0 Å². The van der Waals surface area contributed by atoms with Crippen LogP contribution in [0, 0.1) is 5.41 Å². The number of nitrogen functional groups attached to an aromatic ring is 1. The zero-order valence-electron chi connectivity index (χ0n) is 15.1. The van der Waals surface area contributed by atoms with Crippen LogP contribution >= 0.6 is 15.9 Å². The summed E-state index contributed by atoms with van der Waals surface area (Å²) in [4.78, 5) is 8.48. The summed E-state index contributed by atoms with van der Waals surface area (Å²) in [6.07, 6.45) is 7.47. The second-order valence-electron chi connectivity index (χ2n) is 6.26. The van der Waals surface area contributed by atoms with Gasteiger partial charge in [-0.05, 0) is 37.1 Å². The Labute approximate surface area is 166 Å². The van der Waals surface area contributed by atoms with E-state index in [1.165, 1.54) is 0 Å². The van der Waals surface area contributed by atoms with E-state index >= 15 is 0 Å². The van der Waals surface area contributed by atoms with Crippen molar-refractivity contribution in [3.8, 4) is 0 Å². The molecule has 0 aliphatic rings. The van der Waals surface area contributed by atoms with Gasteiger partial charge in [0.05, 0.1) is 0 Å². The summed E-state index contributed by atoms with van der Waals surface area (Å²) in [6, 6.07) is 9.45. The van der Waals surface area contributed by atoms with Crippen LogP contribution < -0.4 is 5.73 Å². The molecule has 0 fully saturated rings. The quantitative estimate of drug-likeness (QED) is 0.262. The summed E-state index contributed by atoms with van der Waals surface area (Å²) >= 11 is 3.47. The molecule has 0 radical (unpaired) electrons. The number of aromatic nitrogens is 2. The van der Waals surface area contributed by atoms with Gasteiger partial charge in [-0.2, -0.15) is 0 Å². The minimum absolute atomic E-state index is 0.318. The molecule has 27 heavy (non-hydrogen) atoms. The van der Waals surface area contributed by atoms with Gasteiger partial charge in [0.15, 0.2) is 11.6 Å². The number of azo groups is 1. The Morgan fingerprint density at radius 2 is 1.96 bits per heavy atom. The Balaban J connectivity index is 1.80. The molecule has 3 rings (SSSR count). The van der Waals surface area contributed by atoms with E-state index in [9.17, 15) is 0 Å². The summed E-state index contributed by atoms with van der Waals surface area (Å²) in [5, 5.41) is 18.4. The van der Waals surface area contributed by atoms with Crippen molar-refractivity contribution in [1.82, 2.24) is 9.97 Å². The molecule has 0 aliphatic carbocycles. The van der Waals surface area contributed by atoms with Gasteiger partial charge in [0.2, 0.25) is 0 Å². The van der Waals surface area contributed by atoms with Crippen LogP contribution in [-0.4, -0.2) is 15.7 Å². The highest BCUT2D eigenvalue weighted by Crippen LogP contribution is 2.33. The molecule has 6 nitrogen and oxygen atoms in total. The predicted molar refractivity (Wildman–Crippen MR) is 113 cm³/mol. The van der Waals surface area contributed by atoms with Crippen LogP contribution in [0.4, 0.5) is 17.3 Å². The van der Waals surface area contributed by atoms with Crippen LogP contribution in [0.3, 0.4) is 0 Å². The van der Waals surface area contributed by atoms with Crippen molar-refractivity contribution in [1.29, 1.82) is 5.41 Å². The van der Waals surface area contributed by atoms with Gasteiger partial charge < -0.3 is 11.1 Å². The fraction of sp³-hybridized carbons (Fsp3) is 0.250. The van der Waals surface area contributed by atoms with Crippen molar-refractivity contribution in [3.63, 3.8) is 0 Å². The standard InChI is InChI=1S/C20H21BrN6/c1-2-3-4-5-17(22)14-7-9-18(24-12-14)26-27-19-16-10-15(21)8-6-13(16)11-25-20(19)23/h6-12,22H,2-5H2,1H3,(H2,23,25).